The molecule has 0 spiro atoms. The van der Waals surface area contributed by atoms with Crippen molar-refractivity contribution in [1.29, 1.82) is 0 Å². The highest BCUT2D eigenvalue weighted by atomic mass is 31.2. The second-order valence-electron chi connectivity index (χ2n) is 18.9. The zero-order valence-corrected chi connectivity index (χ0v) is 43.3. The van der Waals surface area contributed by atoms with Crippen molar-refractivity contribution in [2.75, 3.05) is 80.7 Å². The van der Waals surface area contributed by atoms with Gasteiger partial charge in [-0.2, -0.15) is 0 Å². The van der Waals surface area contributed by atoms with Gasteiger partial charge >= 0.3 is 25.7 Å². The molecule has 3 amide bonds. The molecule has 19 nitrogen and oxygen atoms in total. The molecule has 0 aliphatic carbocycles. The van der Waals surface area contributed by atoms with Gasteiger partial charge in [-0.05, 0) is 70.6 Å². The number of likely N-dealkylation sites (N-methyl/N-ethyl adjacent to an activating group) is 1. The number of nitrogens with zero attached hydrogens (tertiary/aromatic N) is 2. The number of amides is 3. The monoisotopic (exact) mass is 1000 g/mol. The third-order valence-corrected chi connectivity index (χ3v) is 12.2. The van der Waals surface area contributed by atoms with Crippen LogP contribution in [0, 0.1) is 0 Å². The number of carbonyl (C=O) groups excluding carboxylic acids is 5. The molecule has 0 aromatic heterocycles. The number of nitrogens with one attached hydrogen (secondary N) is 3. The number of phosphoric ester groups is 1. The minimum Gasteiger partial charge on any atom is -0.480 e. The second kappa shape index (κ2) is 37.8. The van der Waals surface area contributed by atoms with E-state index >= 15 is 0 Å². The zero-order valence-electron chi connectivity index (χ0n) is 42.4. The molecule has 4 atom stereocenters. The maximum Gasteiger partial charge on any atom is 0.472 e. The van der Waals surface area contributed by atoms with Crippen LogP contribution in [0.3, 0.4) is 0 Å². The van der Waals surface area contributed by atoms with Crippen molar-refractivity contribution >= 4 is 43.5 Å². The van der Waals surface area contributed by atoms with Gasteiger partial charge < -0.3 is 50.5 Å². The fraction of sp³-hybridized carbons (Fsp3) is 0.755. The molecule has 1 aromatic rings. The Morgan fingerprint density at radius 3 is 1.88 bits per heavy atom. The van der Waals surface area contributed by atoms with Gasteiger partial charge in [0.2, 0.25) is 17.7 Å². The first-order valence-corrected chi connectivity index (χ1v) is 26.6. The summed E-state index contributed by atoms with van der Waals surface area (Å²) < 4.78 is 34.4. The third-order valence-electron chi connectivity index (χ3n) is 11.2. The number of rotatable bonds is 43. The summed E-state index contributed by atoms with van der Waals surface area (Å²) in [6, 6.07) is 7.28. The van der Waals surface area contributed by atoms with Crippen LogP contribution in [0.1, 0.15) is 141 Å². The van der Waals surface area contributed by atoms with E-state index in [1.165, 1.54) is 57.8 Å². The number of unbranched alkanes of at least 4 members (excludes halogenated alkanes) is 14. The maximum absolute atomic E-state index is 13.1. The molecule has 0 heterocycles. The van der Waals surface area contributed by atoms with Gasteiger partial charge in [-0.1, -0.05) is 114 Å². The molecule has 1 rings (SSSR count). The van der Waals surface area contributed by atoms with Gasteiger partial charge in [0.05, 0.1) is 40.3 Å². The standard InChI is InChI=1S/C49H87N6O13P/c1-6-7-8-9-10-11-12-13-14-15-16-17-21-29-46(59)65-38-41(39-67-69(63,64)66-34-33-55(3,4)5)68-47(60)30-23-25-32-54(2)31-24-22-28-43(49(62)52-36-44(56)51-37-45(57)58)53-48(61)42(50)35-40-26-19-18-20-27-40/h18-20,26-27,41-43H,6-17,21-25,28-39,50H2,1-5H3,(H4-,51,52,53,56,57,58,61,62,63,64)/p+1/t41-,42-,43-/m0/s1. The van der Waals surface area contributed by atoms with Crippen molar-refractivity contribution in [2.24, 2.45) is 5.73 Å². The summed E-state index contributed by atoms with van der Waals surface area (Å²) >= 11 is 0. The second-order valence-corrected chi connectivity index (χ2v) is 20.4. The average molecular weight is 1000 g/mol. The fourth-order valence-electron chi connectivity index (χ4n) is 7.08. The van der Waals surface area contributed by atoms with Crippen LogP contribution in [-0.4, -0.2) is 154 Å². The van der Waals surface area contributed by atoms with Gasteiger partial charge in [-0.15, -0.1) is 0 Å². The summed E-state index contributed by atoms with van der Waals surface area (Å²) in [5.41, 5.74) is 7.01. The van der Waals surface area contributed by atoms with Crippen molar-refractivity contribution in [1.82, 2.24) is 20.9 Å². The highest BCUT2D eigenvalue weighted by molar-refractivity contribution is 7.47. The molecule has 7 N–H and O–H groups in total. The lowest BCUT2D eigenvalue weighted by atomic mass is 10.0. The fourth-order valence-corrected chi connectivity index (χ4v) is 7.82. The van der Waals surface area contributed by atoms with Gasteiger partial charge in [-0.3, -0.25) is 37.8 Å². The summed E-state index contributed by atoms with van der Waals surface area (Å²) in [5.74, 6) is -4.08. The molecule has 0 aliphatic heterocycles. The highest BCUT2D eigenvalue weighted by Gasteiger charge is 2.28. The van der Waals surface area contributed by atoms with Crippen LogP contribution in [0.5, 0.6) is 0 Å². The van der Waals surface area contributed by atoms with E-state index in [0.717, 1.165) is 24.8 Å². The van der Waals surface area contributed by atoms with Crippen molar-refractivity contribution in [2.45, 2.75) is 160 Å². The first-order chi connectivity index (χ1) is 32.8. The molecule has 20 heteroatoms. The quantitative estimate of drug-likeness (QED) is 0.0207. The number of ether oxygens (including phenoxy) is 2. The number of benzene rings is 1. The molecule has 1 aromatic carbocycles. The number of nitrogens with two attached hydrogens (primary N) is 1. The Kier molecular flexibility index (Phi) is 34.5. The number of quaternary nitrogens is 1. The predicted molar refractivity (Wildman–Crippen MR) is 265 cm³/mol. The molecular weight excluding hydrogens is 912 g/mol. The van der Waals surface area contributed by atoms with Gasteiger partial charge in [0.25, 0.3) is 0 Å². The normalized spacial score (nSPS) is 13.7. The van der Waals surface area contributed by atoms with E-state index in [1.54, 1.807) is 0 Å². The summed E-state index contributed by atoms with van der Waals surface area (Å²) in [7, 11) is 3.16. The number of esters is 2. The number of aliphatic carboxylic acids is 1. The highest BCUT2D eigenvalue weighted by Crippen LogP contribution is 2.43. The molecule has 1 unspecified atom stereocenters. The van der Waals surface area contributed by atoms with Gasteiger partial charge in [-0.25, -0.2) is 4.57 Å². The zero-order chi connectivity index (χ0) is 51.3. The number of carboxylic acid groups (broad SMARTS) is 1. The molecule has 0 aliphatic rings. The van der Waals surface area contributed by atoms with Crippen LogP contribution in [0.4, 0.5) is 0 Å². The van der Waals surface area contributed by atoms with Gasteiger partial charge in [0.15, 0.2) is 6.10 Å². The Labute approximate surface area is 411 Å². The molecular formula is C49H88N6O13P+. The van der Waals surface area contributed by atoms with Crippen molar-refractivity contribution in [3.8, 4) is 0 Å². The lowest BCUT2D eigenvalue weighted by Gasteiger charge is -2.24. The van der Waals surface area contributed by atoms with Crippen LogP contribution >= 0.6 is 7.82 Å². The van der Waals surface area contributed by atoms with Crippen molar-refractivity contribution < 1.29 is 66.3 Å². The van der Waals surface area contributed by atoms with E-state index in [-0.39, 0.29) is 38.9 Å². The van der Waals surface area contributed by atoms with E-state index in [9.17, 15) is 38.2 Å². The summed E-state index contributed by atoms with van der Waals surface area (Å²) in [6.07, 6.45) is 17.3. The SMILES string of the molecule is CCCCCCCCCCCCCCCC(=O)OC[C@@H](COP(=O)(O)OCC[N+](C)(C)C)OC(=O)CCCCN(C)CCCC[C@H](NC(=O)[C@@H](N)Cc1ccccc1)C(=O)NCC(=O)NCC(=O)O. The van der Waals surface area contributed by atoms with Crippen LogP contribution in [0.15, 0.2) is 30.3 Å². The Bertz CT molecular complexity index is 1650. The third kappa shape index (κ3) is 36.6. The molecule has 0 bridgehead atoms. The lowest BCUT2D eigenvalue weighted by Crippen LogP contribution is -2.53. The molecule has 69 heavy (non-hydrogen) atoms. The first-order valence-electron chi connectivity index (χ1n) is 25.1. The van der Waals surface area contributed by atoms with Crippen LogP contribution in [0.2, 0.25) is 0 Å². The predicted octanol–water partition coefficient (Wildman–Crippen LogP) is 5.41. The van der Waals surface area contributed by atoms with Crippen molar-refractivity contribution in [3.05, 3.63) is 35.9 Å². The van der Waals surface area contributed by atoms with E-state index < -0.39 is 81.3 Å². The van der Waals surface area contributed by atoms with Gasteiger partial charge in [0, 0.05) is 12.8 Å². The lowest BCUT2D eigenvalue weighted by molar-refractivity contribution is -0.870. The van der Waals surface area contributed by atoms with E-state index in [1.807, 2.05) is 58.5 Å². The number of phosphoric acid groups is 1. The minimum absolute atomic E-state index is 0.0367. The number of hydrogen-bond donors (Lipinski definition) is 6. The molecule has 0 saturated heterocycles. The number of carboxylic acids is 1. The Balaban J connectivity index is 2.59. The van der Waals surface area contributed by atoms with Crippen LogP contribution in [-0.2, 0) is 58.3 Å². The van der Waals surface area contributed by atoms with Gasteiger partial charge in [0.1, 0.15) is 32.3 Å². The summed E-state index contributed by atoms with van der Waals surface area (Å²) in [6.45, 7) is 2.01. The minimum atomic E-state index is -4.48. The van der Waals surface area contributed by atoms with Crippen LogP contribution < -0.4 is 21.7 Å². The largest absolute Gasteiger partial charge is 0.480 e. The molecule has 396 valence electrons. The molecule has 0 radical (unpaired) electrons. The molecule has 0 saturated carbocycles. The van der Waals surface area contributed by atoms with Crippen LogP contribution in [0.25, 0.3) is 0 Å². The van der Waals surface area contributed by atoms with E-state index in [4.69, 9.17) is 29.4 Å². The summed E-state index contributed by atoms with van der Waals surface area (Å²) in [4.78, 5) is 86.8. The smallest absolute Gasteiger partial charge is 0.472 e. The van der Waals surface area contributed by atoms with E-state index in [2.05, 4.69) is 27.8 Å². The molecule has 0 fully saturated rings. The van der Waals surface area contributed by atoms with E-state index in [0.29, 0.717) is 56.2 Å². The Morgan fingerprint density at radius 2 is 1.29 bits per heavy atom. The average Bonchev–Trinajstić information content (AvgIpc) is 3.29. The Morgan fingerprint density at radius 1 is 0.725 bits per heavy atom. The summed E-state index contributed by atoms with van der Waals surface area (Å²) in [5, 5.41) is 16.1. The Hall–Kier alpha value is -3.97. The topological polar surface area (TPSA) is 262 Å². The number of hydrogen-bond acceptors (Lipinski definition) is 13. The first kappa shape index (κ1) is 63.0. The van der Waals surface area contributed by atoms with Crippen molar-refractivity contribution in [3.63, 3.8) is 0 Å². The number of carbonyl (C=O) groups is 6. The maximum atomic E-state index is 13.1.